The number of phenols is 2. The Labute approximate surface area is 388 Å². The minimum atomic E-state index is 0.0283. The van der Waals surface area contributed by atoms with Crippen molar-refractivity contribution in [3.05, 3.63) is 57.6 Å². The Bertz CT molecular complexity index is 1800. The summed E-state index contributed by atoms with van der Waals surface area (Å²) in [5, 5.41) is 26.4. The molecule has 2 aromatic carbocycles. The SMILES string of the molecule is CCC12CC3CC(CC)(C1)CC(c1cc(C(C)(C)C)cc(CS[C@H]4CCCCCC[C@@H]4SCc4cc(C(C)(C)C)cc(C56CC7CC(CC)(CC(CC)(C7)C5)C6)c4O)c1O)(C3)C2. The summed E-state index contributed by atoms with van der Waals surface area (Å²) in [6, 6.07) is 9.82. The first kappa shape index (κ1) is 45.9. The molecule has 9 saturated carbocycles. The van der Waals surface area contributed by atoms with Gasteiger partial charge in [-0.25, -0.2) is 0 Å². The Balaban J connectivity index is 1.01. The Kier molecular flexibility index (Phi) is 12.0. The van der Waals surface area contributed by atoms with E-state index in [0.29, 0.717) is 43.7 Å². The highest BCUT2D eigenvalue weighted by Crippen LogP contribution is 2.74. The predicted octanol–water partition coefficient (Wildman–Crippen LogP) is 17.0. The minimum Gasteiger partial charge on any atom is -0.507 e. The highest BCUT2D eigenvalue weighted by molar-refractivity contribution is 8.03. The lowest BCUT2D eigenvalue weighted by Gasteiger charge is -2.67. The van der Waals surface area contributed by atoms with Crippen LogP contribution in [0.15, 0.2) is 24.3 Å². The molecule has 0 radical (unpaired) electrons. The lowest BCUT2D eigenvalue weighted by Crippen LogP contribution is -2.58. The minimum absolute atomic E-state index is 0.0283. The van der Waals surface area contributed by atoms with E-state index in [1.165, 1.54) is 175 Å². The average molecular weight is 881 g/mol. The third-order valence-electron chi connectivity index (χ3n) is 19.9. The molecule has 4 heteroatoms. The van der Waals surface area contributed by atoms with Crippen molar-refractivity contribution in [2.45, 2.75) is 254 Å². The summed E-state index contributed by atoms with van der Waals surface area (Å²) in [5.74, 6) is 4.69. The summed E-state index contributed by atoms with van der Waals surface area (Å²) in [4.78, 5) is 0. The van der Waals surface area contributed by atoms with Crippen molar-refractivity contribution in [2.24, 2.45) is 33.5 Å². The van der Waals surface area contributed by atoms with Crippen LogP contribution in [0.3, 0.4) is 0 Å². The van der Waals surface area contributed by atoms with E-state index >= 15 is 0 Å². The Morgan fingerprint density at radius 3 is 1.13 bits per heavy atom. The van der Waals surface area contributed by atoms with E-state index in [-0.39, 0.29) is 21.7 Å². The molecule has 9 fully saturated rings. The normalized spacial score (nSPS) is 39.0. The van der Waals surface area contributed by atoms with Crippen LogP contribution < -0.4 is 0 Å². The second-order valence-corrected chi connectivity index (χ2v) is 28.7. The van der Waals surface area contributed by atoms with Crippen LogP contribution in [0.25, 0.3) is 0 Å². The van der Waals surface area contributed by atoms with Crippen LogP contribution in [0, 0.1) is 33.5 Å². The first-order valence-electron chi connectivity index (χ1n) is 26.2. The Morgan fingerprint density at radius 1 is 0.484 bits per heavy atom. The fourth-order valence-electron chi connectivity index (χ4n) is 17.3. The zero-order valence-corrected chi connectivity index (χ0v) is 42.9. The molecule has 8 bridgehead atoms. The molecule has 11 rings (SSSR count). The molecule has 4 unspecified atom stereocenters. The number of thioether (sulfide) groups is 2. The number of hydrogen-bond acceptors (Lipinski definition) is 4. The quantitative estimate of drug-likeness (QED) is 0.223. The maximum Gasteiger partial charge on any atom is 0.123 e. The van der Waals surface area contributed by atoms with E-state index in [1.54, 1.807) is 0 Å². The van der Waals surface area contributed by atoms with Gasteiger partial charge in [0.15, 0.2) is 0 Å². The fraction of sp³-hybridized carbons (Fsp3) is 0.793. The van der Waals surface area contributed by atoms with Crippen molar-refractivity contribution < 1.29 is 10.2 Å². The van der Waals surface area contributed by atoms with Crippen molar-refractivity contribution in [1.82, 2.24) is 0 Å². The molecule has 0 aliphatic heterocycles. The molecule has 2 N–H and O–H groups in total. The largest absolute Gasteiger partial charge is 0.507 e. The van der Waals surface area contributed by atoms with Gasteiger partial charge in [-0.1, -0.05) is 145 Å². The highest BCUT2D eigenvalue weighted by Gasteiger charge is 2.64. The molecule has 0 spiro atoms. The standard InChI is InChI=1S/C58H88O2S2/c1-11-53-25-39-26-54(12-2,33-53)36-57(29-39,35-53)45-23-43(51(5,6)7)21-41(49(45)59)31-61-47-19-17-15-16-18-20-48(47)62-32-42-22-44(52(8,9)10)24-46(50(42)60)58-30-40-27-55(13-3,37-58)34-56(14-4,28-40)38-58/h21-24,39-40,47-48,59-60H,11-20,25-38H2,1-10H3/t39?,40?,47-,48-,53?,54?,55?,56?,57?,58?/m0/s1. The number of aromatic hydroxyl groups is 2. The predicted molar refractivity (Wildman–Crippen MR) is 268 cm³/mol. The van der Waals surface area contributed by atoms with E-state index in [4.69, 9.17) is 0 Å². The van der Waals surface area contributed by atoms with Crippen LogP contribution in [0.1, 0.15) is 244 Å². The van der Waals surface area contributed by atoms with Crippen LogP contribution in [-0.4, -0.2) is 20.7 Å². The molecule has 6 atom stereocenters. The van der Waals surface area contributed by atoms with Gasteiger partial charge >= 0.3 is 0 Å². The maximum absolute atomic E-state index is 12.7. The monoisotopic (exact) mass is 881 g/mol. The topological polar surface area (TPSA) is 40.5 Å². The molecule has 0 heterocycles. The number of hydrogen-bond donors (Lipinski definition) is 2. The second-order valence-electron chi connectivity index (χ2n) is 26.2. The number of rotatable bonds is 12. The van der Waals surface area contributed by atoms with Crippen LogP contribution >= 0.6 is 23.5 Å². The Hall–Kier alpha value is -1.26. The third kappa shape index (κ3) is 8.07. The highest BCUT2D eigenvalue weighted by atomic mass is 32.2. The van der Waals surface area contributed by atoms with E-state index in [1.807, 2.05) is 0 Å². The molecule has 9 aliphatic rings. The number of phenolic OH excluding ortho intramolecular Hbond substituents is 2. The van der Waals surface area contributed by atoms with Gasteiger partial charge in [-0.15, -0.1) is 0 Å². The smallest absolute Gasteiger partial charge is 0.123 e. The van der Waals surface area contributed by atoms with Crippen LogP contribution in [-0.2, 0) is 33.2 Å². The molecule has 62 heavy (non-hydrogen) atoms. The molecule has 0 amide bonds. The van der Waals surface area contributed by atoms with Gasteiger partial charge in [-0.05, 0) is 145 Å². The summed E-state index contributed by atoms with van der Waals surface area (Å²) in [6.07, 6.45) is 29.0. The first-order valence-corrected chi connectivity index (χ1v) is 28.3. The van der Waals surface area contributed by atoms with Crippen LogP contribution in [0.4, 0.5) is 0 Å². The Morgan fingerprint density at radius 2 is 0.823 bits per heavy atom. The zero-order chi connectivity index (χ0) is 44.1. The lowest BCUT2D eigenvalue weighted by molar-refractivity contribution is -0.130. The van der Waals surface area contributed by atoms with E-state index < -0.39 is 0 Å². The lowest BCUT2D eigenvalue weighted by atomic mass is 9.37. The summed E-state index contributed by atoms with van der Waals surface area (Å²) >= 11 is 4.31. The molecular formula is C58H88O2S2. The molecule has 2 aromatic rings. The first-order chi connectivity index (χ1) is 29.2. The zero-order valence-electron chi connectivity index (χ0n) is 41.3. The molecule has 0 saturated heterocycles. The number of benzene rings is 2. The summed E-state index contributed by atoms with van der Waals surface area (Å²) < 4.78 is 0. The summed E-state index contributed by atoms with van der Waals surface area (Å²) in [5.41, 5.74) is 9.93. The van der Waals surface area contributed by atoms with Gasteiger partial charge in [0.2, 0.25) is 0 Å². The van der Waals surface area contributed by atoms with Crippen molar-refractivity contribution >= 4 is 23.5 Å². The molecule has 9 aliphatic carbocycles. The van der Waals surface area contributed by atoms with Crippen molar-refractivity contribution in [1.29, 1.82) is 0 Å². The van der Waals surface area contributed by atoms with Crippen LogP contribution in [0.5, 0.6) is 11.5 Å². The molecule has 344 valence electrons. The molecule has 2 nitrogen and oxygen atoms in total. The van der Waals surface area contributed by atoms with Gasteiger partial charge in [0, 0.05) is 55.1 Å². The third-order valence-corrected chi connectivity index (χ3v) is 23.0. The second kappa shape index (κ2) is 16.2. The van der Waals surface area contributed by atoms with Gasteiger partial charge in [0.25, 0.3) is 0 Å². The van der Waals surface area contributed by atoms with Gasteiger partial charge in [-0.3, -0.25) is 0 Å². The van der Waals surface area contributed by atoms with Gasteiger partial charge in [0.1, 0.15) is 11.5 Å². The average Bonchev–Trinajstić information content (AvgIpc) is 3.19. The summed E-state index contributed by atoms with van der Waals surface area (Å²) in [7, 11) is 0. The van der Waals surface area contributed by atoms with Crippen molar-refractivity contribution in [2.75, 3.05) is 0 Å². The van der Waals surface area contributed by atoms with Crippen molar-refractivity contribution in [3.63, 3.8) is 0 Å². The van der Waals surface area contributed by atoms with E-state index in [0.717, 1.165) is 23.3 Å². The summed E-state index contributed by atoms with van der Waals surface area (Å²) in [6.45, 7) is 24.1. The van der Waals surface area contributed by atoms with Crippen molar-refractivity contribution in [3.8, 4) is 11.5 Å². The molecule has 0 aromatic heterocycles. The van der Waals surface area contributed by atoms with Gasteiger partial charge < -0.3 is 10.2 Å². The van der Waals surface area contributed by atoms with E-state index in [2.05, 4.69) is 117 Å². The molecular weight excluding hydrogens is 793 g/mol. The van der Waals surface area contributed by atoms with E-state index in [9.17, 15) is 10.2 Å². The fourth-order valence-corrected chi connectivity index (χ4v) is 20.4. The van der Waals surface area contributed by atoms with Crippen LogP contribution in [0.2, 0.25) is 0 Å². The van der Waals surface area contributed by atoms with Gasteiger partial charge in [-0.2, -0.15) is 23.5 Å². The maximum atomic E-state index is 12.7. The van der Waals surface area contributed by atoms with Gasteiger partial charge in [0.05, 0.1) is 0 Å².